The number of nitrogens with zero attached hydrogens (tertiary/aromatic N) is 5. The highest BCUT2D eigenvalue weighted by molar-refractivity contribution is 6.09. The quantitative estimate of drug-likeness (QED) is 0.247. The van der Waals surface area contributed by atoms with Crippen LogP contribution in [-0.4, -0.2) is 4.57 Å². The maximum absolute atomic E-state index is 9.47. The molecule has 5 heteroatoms. The van der Waals surface area contributed by atoms with Gasteiger partial charge in [0.25, 0.3) is 0 Å². The minimum Gasteiger partial charge on any atom is -0.340 e. The molecule has 0 unspecified atom stereocenters. The first-order valence-corrected chi connectivity index (χ1v) is 16.4. The lowest BCUT2D eigenvalue weighted by Gasteiger charge is -2.30. The molecular weight excluding hydrogens is 574 g/mol. The van der Waals surface area contributed by atoms with Crippen LogP contribution in [0.5, 0.6) is 0 Å². The minimum atomic E-state index is -0.0295. The van der Waals surface area contributed by atoms with E-state index < -0.39 is 0 Å². The number of aryl methyl sites for hydroxylation is 1. The Morgan fingerprint density at radius 1 is 0.660 bits per heavy atom. The zero-order valence-corrected chi connectivity index (χ0v) is 28.1. The number of nitriles is 4. The Balaban J connectivity index is 1.54. The Bertz CT molecular complexity index is 1930. The van der Waals surface area contributed by atoms with E-state index in [9.17, 15) is 21.0 Å². The normalized spacial score (nSPS) is 17.2. The molecule has 0 N–H and O–H groups in total. The Morgan fingerprint density at radius 2 is 1.09 bits per heavy atom. The van der Waals surface area contributed by atoms with Gasteiger partial charge in [-0.3, -0.25) is 0 Å². The van der Waals surface area contributed by atoms with Crippen molar-refractivity contribution in [3.05, 3.63) is 105 Å². The lowest BCUT2D eigenvalue weighted by molar-refractivity contribution is 0.354. The number of aromatic nitrogens is 1. The van der Waals surface area contributed by atoms with Gasteiger partial charge in [-0.2, -0.15) is 21.0 Å². The first-order chi connectivity index (χ1) is 22.5. The molecule has 2 aliphatic carbocycles. The number of rotatable bonds is 7. The van der Waals surface area contributed by atoms with Crippen molar-refractivity contribution in [2.75, 3.05) is 0 Å². The summed E-state index contributed by atoms with van der Waals surface area (Å²) in [5.74, 6) is 0. The van der Waals surface area contributed by atoms with Crippen LogP contribution in [-0.2, 0) is 6.54 Å². The monoisotopic (exact) mass is 615 g/mol. The van der Waals surface area contributed by atoms with Crippen molar-refractivity contribution in [3.63, 3.8) is 0 Å². The second kappa shape index (κ2) is 13.6. The van der Waals surface area contributed by atoms with E-state index in [0.29, 0.717) is 12.8 Å². The lowest BCUT2D eigenvalue weighted by Crippen LogP contribution is -2.17. The molecule has 0 radical (unpaired) electrons. The SMILES string of the molecule is CCCCn1c2ccc(/C=C/C3=CC(=C(C#N)C#N)CC(C)(C)C3)cc2c2cc(/C=C/C3=CC(=C(C#N)C#N)CC(C)(C)C3)ccc21. The number of fused-ring (bicyclic) bond motifs is 3. The van der Waals surface area contributed by atoms with Crippen molar-refractivity contribution in [2.24, 2.45) is 10.8 Å². The van der Waals surface area contributed by atoms with Crippen LogP contribution in [0.4, 0.5) is 0 Å². The Morgan fingerprint density at radius 3 is 1.47 bits per heavy atom. The molecule has 1 aromatic heterocycles. The van der Waals surface area contributed by atoms with Crippen LogP contribution >= 0.6 is 0 Å². The van der Waals surface area contributed by atoms with E-state index in [0.717, 1.165) is 65.6 Å². The largest absolute Gasteiger partial charge is 0.340 e. The number of allylic oxidation sites excluding steroid dienone is 10. The summed E-state index contributed by atoms with van der Waals surface area (Å²) in [7, 11) is 0. The van der Waals surface area contributed by atoms with Gasteiger partial charge in [0.2, 0.25) is 0 Å². The van der Waals surface area contributed by atoms with Crippen molar-refractivity contribution in [3.8, 4) is 24.3 Å². The van der Waals surface area contributed by atoms with E-state index in [2.05, 4.69) is 124 Å². The van der Waals surface area contributed by atoms with Crippen molar-refractivity contribution in [1.29, 1.82) is 21.0 Å². The first-order valence-electron chi connectivity index (χ1n) is 16.4. The smallest absolute Gasteiger partial charge is 0.132 e. The van der Waals surface area contributed by atoms with Gasteiger partial charge in [-0.05, 0) is 101 Å². The van der Waals surface area contributed by atoms with Crippen LogP contribution in [0.3, 0.4) is 0 Å². The van der Waals surface area contributed by atoms with Crippen LogP contribution in [0.25, 0.3) is 34.0 Å². The molecule has 47 heavy (non-hydrogen) atoms. The fourth-order valence-corrected chi connectivity index (χ4v) is 7.10. The predicted octanol–water partition coefficient (Wildman–Crippen LogP) is 10.8. The van der Waals surface area contributed by atoms with Gasteiger partial charge in [-0.1, -0.05) is 89.6 Å². The van der Waals surface area contributed by atoms with Crippen molar-refractivity contribution in [1.82, 2.24) is 4.57 Å². The molecule has 0 fully saturated rings. The van der Waals surface area contributed by atoms with Gasteiger partial charge in [-0.25, -0.2) is 0 Å². The summed E-state index contributed by atoms with van der Waals surface area (Å²) in [6.07, 6.45) is 18.0. The Labute approximate surface area is 279 Å². The van der Waals surface area contributed by atoms with E-state index in [1.54, 1.807) is 0 Å². The molecule has 0 bridgehead atoms. The molecule has 0 spiro atoms. The first kappa shape index (κ1) is 33.0. The van der Waals surface area contributed by atoms with Crippen molar-refractivity contribution in [2.45, 2.75) is 79.7 Å². The van der Waals surface area contributed by atoms with Crippen molar-refractivity contribution < 1.29 is 0 Å². The van der Waals surface area contributed by atoms with Crippen LogP contribution in [0, 0.1) is 56.2 Å². The maximum Gasteiger partial charge on any atom is 0.132 e. The highest BCUT2D eigenvalue weighted by Gasteiger charge is 2.27. The van der Waals surface area contributed by atoms with Crippen LogP contribution in [0.2, 0.25) is 0 Å². The van der Waals surface area contributed by atoms with E-state index in [1.165, 1.54) is 21.8 Å². The molecule has 234 valence electrons. The standard InChI is InChI=1S/C42H41N5/c1-6-7-16-47-39-14-12-29(8-10-31-17-33(35(25-43)26-44)23-41(2,3)21-31)19-37(39)38-20-30(13-15-40(38)47)9-11-32-18-34(36(27-45)28-46)24-42(4,5)22-32/h8-15,17-20H,6-7,16,21-24H2,1-5H3/b10-8+,11-9+. The van der Waals surface area contributed by atoms with E-state index in [4.69, 9.17) is 0 Å². The average molecular weight is 616 g/mol. The zero-order chi connectivity index (χ0) is 33.8. The second-order valence-corrected chi connectivity index (χ2v) is 14.4. The molecule has 0 saturated carbocycles. The van der Waals surface area contributed by atoms with Gasteiger partial charge >= 0.3 is 0 Å². The summed E-state index contributed by atoms with van der Waals surface area (Å²) < 4.78 is 2.43. The van der Waals surface area contributed by atoms with E-state index in [-0.39, 0.29) is 22.0 Å². The predicted molar refractivity (Wildman–Crippen MR) is 191 cm³/mol. The fraction of sp³-hybridized carbons (Fsp3) is 0.333. The number of hydrogen-bond acceptors (Lipinski definition) is 4. The molecule has 2 aliphatic rings. The fourth-order valence-electron chi connectivity index (χ4n) is 7.10. The maximum atomic E-state index is 9.47. The summed E-state index contributed by atoms with van der Waals surface area (Å²) in [5, 5.41) is 40.3. The summed E-state index contributed by atoms with van der Waals surface area (Å²) >= 11 is 0. The van der Waals surface area contributed by atoms with Gasteiger partial charge in [0, 0.05) is 28.4 Å². The third-order valence-corrected chi connectivity index (χ3v) is 9.14. The highest BCUT2D eigenvalue weighted by atomic mass is 15.0. The van der Waals surface area contributed by atoms with Gasteiger partial charge in [0.15, 0.2) is 0 Å². The van der Waals surface area contributed by atoms with E-state index in [1.807, 2.05) is 12.2 Å². The van der Waals surface area contributed by atoms with Gasteiger partial charge < -0.3 is 4.57 Å². The molecule has 0 amide bonds. The van der Waals surface area contributed by atoms with Gasteiger partial charge in [0.1, 0.15) is 35.4 Å². The molecule has 0 atom stereocenters. The minimum absolute atomic E-state index is 0.0295. The molecule has 2 aromatic carbocycles. The third-order valence-electron chi connectivity index (χ3n) is 9.14. The molecule has 0 aliphatic heterocycles. The number of benzene rings is 2. The molecule has 3 aromatic rings. The van der Waals surface area contributed by atoms with Crippen LogP contribution in [0.1, 0.15) is 84.3 Å². The molecule has 1 heterocycles. The summed E-state index contributed by atoms with van der Waals surface area (Å²) in [6, 6.07) is 21.6. The molecule has 5 rings (SSSR count). The number of hydrogen-bond donors (Lipinski definition) is 0. The van der Waals surface area contributed by atoms with Gasteiger partial charge in [-0.15, -0.1) is 0 Å². The average Bonchev–Trinajstić information content (AvgIpc) is 3.33. The molecule has 0 saturated heterocycles. The van der Waals surface area contributed by atoms with Crippen LogP contribution in [0.15, 0.2) is 94.1 Å². The Hall–Kier alpha value is -5.36. The van der Waals surface area contributed by atoms with Gasteiger partial charge in [0.05, 0.1) is 0 Å². The Kier molecular flexibility index (Phi) is 9.52. The lowest BCUT2D eigenvalue weighted by atomic mass is 9.74. The molecular formula is C42H41N5. The zero-order valence-electron chi connectivity index (χ0n) is 28.1. The summed E-state index contributed by atoms with van der Waals surface area (Å²) in [4.78, 5) is 0. The van der Waals surface area contributed by atoms with E-state index >= 15 is 0 Å². The number of unbranched alkanes of at least 4 members (excludes halogenated alkanes) is 1. The highest BCUT2D eigenvalue weighted by Crippen LogP contribution is 2.41. The van der Waals surface area contributed by atoms with Crippen molar-refractivity contribution >= 4 is 34.0 Å². The summed E-state index contributed by atoms with van der Waals surface area (Å²) in [5.41, 5.74) is 8.84. The molecule has 5 nitrogen and oxygen atoms in total. The topological polar surface area (TPSA) is 100 Å². The van der Waals surface area contributed by atoms with Crippen LogP contribution < -0.4 is 0 Å². The third kappa shape index (κ3) is 7.39. The summed E-state index contributed by atoms with van der Waals surface area (Å²) in [6.45, 7) is 11.9. The second-order valence-electron chi connectivity index (χ2n) is 14.4.